The van der Waals surface area contributed by atoms with Gasteiger partial charge >= 0.3 is 12.4 Å². The van der Waals surface area contributed by atoms with Crippen LogP contribution >= 0.6 is 0 Å². The van der Waals surface area contributed by atoms with Crippen molar-refractivity contribution in [3.05, 3.63) is 59.7 Å². The average molecular weight is 360 g/mol. The van der Waals surface area contributed by atoms with Crippen molar-refractivity contribution in [2.75, 3.05) is 5.32 Å². The molecule has 0 spiro atoms. The number of urea groups is 1. The van der Waals surface area contributed by atoms with Crippen LogP contribution in [0.15, 0.2) is 42.5 Å². The molecule has 0 radical (unpaired) electrons. The largest absolute Gasteiger partial charge is 0.573 e. The number of alkyl halides is 3. The van der Waals surface area contributed by atoms with Crippen molar-refractivity contribution in [2.24, 2.45) is 0 Å². The molecule has 0 bridgehead atoms. The van der Waals surface area contributed by atoms with Crippen LogP contribution in [0.2, 0.25) is 0 Å². The fourth-order valence-electron chi connectivity index (χ4n) is 1.82. The minimum Gasteiger partial charge on any atom is -0.404 e. The van der Waals surface area contributed by atoms with E-state index in [0.29, 0.717) is 0 Å². The summed E-state index contributed by atoms with van der Waals surface area (Å²) in [5, 5.41) is 3.54. The molecule has 3 amide bonds. The van der Waals surface area contributed by atoms with E-state index in [0.717, 1.165) is 30.3 Å². The van der Waals surface area contributed by atoms with Crippen LogP contribution in [0, 0.1) is 11.6 Å². The fourth-order valence-corrected chi connectivity index (χ4v) is 1.82. The molecule has 0 aliphatic rings. The first-order chi connectivity index (χ1) is 11.7. The third-order valence-electron chi connectivity index (χ3n) is 2.78. The molecule has 2 N–H and O–H groups in total. The molecule has 0 heterocycles. The van der Waals surface area contributed by atoms with Crippen LogP contribution in [0.1, 0.15) is 10.4 Å². The number of amides is 3. The van der Waals surface area contributed by atoms with Gasteiger partial charge in [0.15, 0.2) is 5.75 Å². The van der Waals surface area contributed by atoms with Crippen molar-refractivity contribution in [1.82, 2.24) is 5.32 Å². The predicted octanol–water partition coefficient (Wildman–Crippen LogP) is 3.83. The first kappa shape index (κ1) is 18.2. The molecule has 2 rings (SSSR count). The Morgan fingerprint density at radius 2 is 1.52 bits per heavy atom. The van der Waals surface area contributed by atoms with Gasteiger partial charge < -0.3 is 10.1 Å². The number of benzene rings is 2. The summed E-state index contributed by atoms with van der Waals surface area (Å²) in [5.41, 5.74) is -1.41. The zero-order chi connectivity index (χ0) is 18.6. The molecule has 0 aliphatic heterocycles. The number of nitrogens with one attached hydrogen (secondary N) is 2. The summed E-state index contributed by atoms with van der Waals surface area (Å²) in [5.74, 6) is -4.53. The van der Waals surface area contributed by atoms with Crippen molar-refractivity contribution in [1.29, 1.82) is 0 Å². The maximum atomic E-state index is 13.5. The minimum atomic E-state index is -5.00. The second kappa shape index (κ2) is 7.16. The van der Waals surface area contributed by atoms with E-state index in [2.05, 4.69) is 4.74 Å². The van der Waals surface area contributed by atoms with E-state index < -0.39 is 46.9 Å². The Morgan fingerprint density at radius 3 is 2.12 bits per heavy atom. The van der Waals surface area contributed by atoms with Gasteiger partial charge in [-0.1, -0.05) is 18.2 Å². The van der Waals surface area contributed by atoms with E-state index in [9.17, 15) is 31.5 Å². The number of carbonyl (C=O) groups is 2. The standard InChI is InChI=1S/C15H9F5N2O3/c16-8-4-3-5-9(17)12(8)13(23)22-14(24)21-10-6-1-2-7-11(10)25-15(18,19)20/h1-7H,(H2,21,22,23,24). The molecule has 0 saturated heterocycles. The highest BCUT2D eigenvalue weighted by Crippen LogP contribution is 2.29. The van der Waals surface area contributed by atoms with E-state index >= 15 is 0 Å². The summed E-state index contributed by atoms with van der Waals surface area (Å²) < 4.78 is 67.5. The molecule has 0 atom stereocenters. The Kier molecular flexibility index (Phi) is 5.20. The van der Waals surface area contributed by atoms with Gasteiger partial charge in [0.1, 0.15) is 17.2 Å². The van der Waals surface area contributed by atoms with Crippen LogP contribution in [0.5, 0.6) is 5.75 Å². The fraction of sp³-hybridized carbons (Fsp3) is 0.0667. The lowest BCUT2D eigenvalue weighted by Crippen LogP contribution is -2.35. The first-order valence-corrected chi connectivity index (χ1v) is 6.58. The Morgan fingerprint density at radius 1 is 0.920 bits per heavy atom. The molecule has 5 nitrogen and oxygen atoms in total. The van der Waals surface area contributed by atoms with E-state index in [1.807, 2.05) is 5.32 Å². The van der Waals surface area contributed by atoms with Crippen molar-refractivity contribution >= 4 is 17.6 Å². The second-order valence-corrected chi connectivity index (χ2v) is 4.55. The van der Waals surface area contributed by atoms with Crippen LogP contribution in [0.3, 0.4) is 0 Å². The van der Waals surface area contributed by atoms with Gasteiger partial charge in [0, 0.05) is 0 Å². The van der Waals surface area contributed by atoms with Crippen molar-refractivity contribution < 1.29 is 36.3 Å². The third-order valence-corrected chi connectivity index (χ3v) is 2.78. The molecule has 10 heteroatoms. The molecular formula is C15H9F5N2O3. The smallest absolute Gasteiger partial charge is 0.404 e. The molecule has 2 aromatic rings. The van der Waals surface area contributed by atoms with Crippen molar-refractivity contribution in [2.45, 2.75) is 6.36 Å². The van der Waals surface area contributed by atoms with Gasteiger partial charge in [-0.25, -0.2) is 13.6 Å². The maximum Gasteiger partial charge on any atom is 0.573 e. The highest BCUT2D eigenvalue weighted by molar-refractivity contribution is 6.08. The Balaban J connectivity index is 2.12. The zero-order valence-electron chi connectivity index (χ0n) is 12.2. The molecule has 0 aliphatic carbocycles. The van der Waals surface area contributed by atoms with Gasteiger partial charge in [-0.05, 0) is 24.3 Å². The zero-order valence-corrected chi connectivity index (χ0v) is 12.2. The lowest BCUT2D eigenvalue weighted by atomic mass is 10.2. The Labute approximate surface area is 137 Å². The molecule has 0 unspecified atom stereocenters. The summed E-state index contributed by atoms with van der Waals surface area (Å²) in [7, 11) is 0. The summed E-state index contributed by atoms with van der Waals surface area (Å²) in [6, 6.07) is 5.87. The van der Waals surface area contributed by atoms with Gasteiger partial charge in [-0.2, -0.15) is 0 Å². The topological polar surface area (TPSA) is 67.4 Å². The summed E-state index contributed by atoms with van der Waals surface area (Å²) in [6.45, 7) is 0. The number of hydrogen-bond donors (Lipinski definition) is 2. The first-order valence-electron chi connectivity index (χ1n) is 6.58. The van der Waals surface area contributed by atoms with Gasteiger partial charge in [0.25, 0.3) is 5.91 Å². The van der Waals surface area contributed by atoms with Crippen LogP contribution in [-0.2, 0) is 0 Å². The number of hydrogen-bond acceptors (Lipinski definition) is 3. The predicted molar refractivity (Wildman–Crippen MR) is 76.0 cm³/mol. The monoisotopic (exact) mass is 360 g/mol. The maximum absolute atomic E-state index is 13.5. The number of rotatable bonds is 3. The lowest BCUT2D eigenvalue weighted by Gasteiger charge is -2.14. The van der Waals surface area contributed by atoms with Crippen LogP contribution in [0.25, 0.3) is 0 Å². The number of carbonyl (C=O) groups excluding carboxylic acids is 2. The Bertz CT molecular complexity index is 788. The molecule has 2 aromatic carbocycles. The quantitative estimate of drug-likeness (QED) is 0.818. The van der Waals surface area contributed by atoms with Crippen LogP contribution < -0.4 is 15.4 Å². The number of halogens is 5. The van der Waals surface area contributed by atoms with Crippen LogP contribution in [0.4, 0.5) is 32.4 Å². The summed E-state index contributed by atoms with van der Waals surface area (Å²) >= 11 is 0. The highest BCUT2D eigenvalue weighted by Gasteiger charge is 2.32. The molecular weight excluding hydrogens is 351 g/mol. The number of anilines is 1. The minimum absolute atomic E-state index is 0.404. The van der Waals surface area contributed by atoms with E-state index in [1.54, 1.807) is 5.32 Å². The lowest BCUT2D eigenvalue weighted by molar-refractivity contribution is -0.274. The van der Waals surface area contributed by atoms with Gasteiger partial charge in [0.2, 0.25) is 0 Å². The van der Waals surface area contributed by atoms with E-state index in [4.69, 9.17) is 0 Å². The third kappa shape index (κ3) is 4.90. The van der Waals surface area contributed by atoms with E-state index in [1.165, 1.54) is 12.1 Å². The summed E-state index contributed by atoms with van der Waals surface area (Å²) in [6.07, 6.45) is -5.00. The summed E-state index contributed by atoms with van der Waals surface area (Å²) in [4.78, 5) is 23.4. The number of ether oxygens (including phenoxy) is 1. The average Bonchev–Trinajstić information content (AvgIpc) is 2.47. The van der Waals surface area contributed by atoms with Crippen molar-refractivity contribution in [3.8, 4) is 5.75 Å². The van der Waals surface area contributed by atoms with Gasteiger partial charge in [-0.3, -0.25) is 10.1 Å². The molecule has 0 fully saturated rings. The normalized spacial score (nSPS) is 10.9. The number of para-hydroxylation sites is 2. The molecule has 0 saturated carbocycles. The Hall–Kier alpha value is -3.17. The van der Waals surface area contributed by atoms with Crippen molar-refractivity contribution in [3.63, 3.8) is 0 Å². The SMILES string of the molecule is O=C(NC(=O)c1c(F)cccc1F)Nc1ccccc1OC(F)(F)F. The molecule has 132 valence electrons. The number of imide groups is 1. The molecule has 25 heavy (non-hydrogen) atoms. The second-order valence-electron chi connectivity index (χ2n) is 4.55. The molecule has 0 aromatic heterocycles. The van der Waals surface area contributed by atoms with E-state index in [-0.39, 0.29) is 0 Å². The van der Waals surface area contributed by atoms with Crippen LogP contribution in [-0.4, -0.2) is 18.3 Å². The highest BCUT2D eigenvalue weighted by atomic mass is 19.4. The van der Waals surface area contributed by atoms with Gasteiger partial charge in [0.05, 0.1) is 5.69 Å². The van der Waals surface area contributed by atoms with Gasteiger partial charge in [-0.15, -0.1) is 13.2 Å².